The molecule has 0 fully saturated rings. The van der Waals surface area contributed by atoms with Gasteiger partial charge in [0.1, 0.15) is 11.4 Å². The molecule has 0 radical (unpaired) electrons. The maximum Gasteiger partial charge on any atom is 0.308 e. The quantitative estimate of drug-likeness (QED) is 0.669. The molecule has 0 saturated heterocycles. The highest BCUT2D eigenvalue weighted by Gasteiger charge is 2.04. The highest BCUT2D eigenvalue weighted by molar-refractivity contribution is 5.85. The Labute approximate surface area is 74.5 Å². The van der Waals surface area contributed by atoms with Crippen molar-refractivity contribution in [2.45, 2.75) is 6.92 Å². The van der Waals surface area contributed by atoms with Crippen LogP contribution in [0.25, 0.3) is 11.0 Å². The largest absolute Gasteiger partial charge is 0.426 e. The Morgan fingerprint density at radius 3 is 3.15 bits per heavy atom. The van der Waals surface area contributed by atoms with E-state index in [0.29, 0.717) is 5.75 Å². The Kier molecular flexibility index (Phi) is 1.73. The fraction of sp³-hybridized carbons (Fsp3) is 0.111. The second-order valence-corrected chi connectivity index (χ2v) is 2.64. The summed E-state index contributed by atoms with van der Waals surface area (Å²) in [6.45, 7) is 1.37. The molecule has 2 rings (SSSR count). The molecule has 0 spiro atoms. The van der Waals surface area contributed by atoms with Gasteiger partial charge >= 0.3 is 5.97 Å². The van der Waals surface area contributed by atoms with Crippen LogP contribution in [0, 0.1) is 0 Å². The lowest BCUT2D eigenvalue weighted by molar-refractivity contribution is -0.131. The predicted molar refractivity (Wildman–Crippen MR) is 47.4 cm³/mol. The fourth-order valence-corrected chi connectivity index (χ4v) is 1.18. The second-order valence-electron chi connectivity index (χ2n) is 2.64. The maximum atomic E-state index is 10.7. The van der Waals surface area contributed by atoms with Crippen LogP contribution in [-0.4, -0.2) is 15.9 Å². The first-order valence-corrected chi connectivity index (χ1v) is 3.88. The molecule has 0 aliphatic heterocycles. The van der Waals surface area contributed by atoms with Gasteiger partial charge in [-0.2, -0.15) is 0 Å². The molecule has 0 aromatic carbocycles. The third-order valence-corrected chi connectivity index (χ3v) is 1.67. The second kappa shape index (κ2) is 2.90. The lowest BCUT2D eigenvalue weighted by atomic mass is 10.3. The zero-order chi connectivity index (χ0) is 9.26. The van der Waals surface area contributed by atoms with E-state index < -0.39 is 0 Å². The molecule has 4 heteroatoms. The average Bonchev–Trinajstić information content (AvgIpc) is 2.51. The number of hydrogen-bond acceptors (Lipinski definition) is 3. The van der Waals surface area contributed by atoms with Crippen molar-refractivity contribution in [3.05, 3.63) is 24.5 Å². The van der Waals surface area contributed by atoms with Crippen molar-refractivity contribution < 1.29 is 9.53 Å². The summed E-state index contributed by atoms with van der Waals surface area (Å²) >= 11 is 0. The van der Waals surface area contributed by atoms with Gasteiger partial charge in [0.2, 0.25) is 0 Å². The van der Waals surface area contributed by atoms with Gasteiger partial charge in [0.15, 0.2) is 0 Å². The van der Waals surface area contributed by atoms with Crippen molar-refractivity contribution in [3.8, 4) is 5.75 Å². The smallest absolute Gasteiger partial charge is 0.308 e. The summed E-state index contributed by atoms with van der Waals surface area (Å²) in [6, 6.07) is 3.48. The van der Waals surface area contributed by atoms with Crippen LogP contribution in [0.1, 0.15) is 6.92 Å². The van der Waals surface area contributed by atoms with Crippen LogP contribution in [0.2, 0.25) is 0 Å². The molecule has 0 saturated carbocycles. The number of nitrogens with zero attached hydrogens (tertiary/aromatic N) is 1. The number of aromatic nitrogens is 2. The standard InChI is InChI=1S/C9H8N2O2/c1-6(12)13-8-3-5-11-9-7(8)2-4-10-9/h2-5H,1H3,(H,10,11). The molecule has 0 aliphatic rings. The number of H-pyrrole nitrogens is 1. The van der Waals surface area contributed by atoms with Gasteiger partial charge in [-0.15, -0.1) is 0 Å². The number of carbonyl (C=O) groups is 1. The molecular weight excluding hydrogens is 168 g/mol. The molecule has 2 heterocycles. The molecule has 0 unspecified atom stereocenters. The number of ether oxygens (including phenoxy) is 1. The summed E-state index contributed by atoms with van der Waals surface area (Å²) in [6.07, 6.45) is 3.35. The third kappa shape index (κ3) is 1.38. The number of carbonyl (C=O) groups excluding carboxylic acids is 1. The number of esters is 1. The molecule has 13 heavy (non-hydrogen) atoms. The van der Waals surface area contributed by atoms with Crippen LogP contribution >= 0.6 is 0 Å². The first-order chi connectivity index (χ1) is 6.27. The summed E-state index contributed by atoms with van der Waals surface area (Å²) in [5.41, 5.74) is 0.721. The first-order valence-electron chi connectivity index (χ1n) is 3.88. The summed E-state index contributed by atoms with van der Waals surface area (Å²) in [7, 11) is 0. The molecule has 2 aromatic heterocycles. The Morgan fingerprint density at radius 2 is 2.38 bits per heavy atom. The van der Waals surface area contributed by atoms with E-state index in [1.165, 1.54) is 6.92 Å². The maximum absolute atomic E-state index is 10.7. The van der Waals surface area contributed by atoms with Gasteiger partial charge in [-0.3, -0.25) is 4.79 Å². The minimum absolute atomic E-state index is 0.325. The number of rotatable bonds is 1. The van der Waals surface area contributed by atoms with Crippen molar-refractivity contribution in [2.75, 3.05) is 0 Å². The van der Waals surface area contributed by atoms with Crippen LogP contribution in [0.4, 0.5) is 0 Å². The summed E-state index contributed by atoms with van der Waals surface area (Å²) in [4.78, 5) is 17.7. The predicted octanol–water partition coefficient (Wildman–Crippen LogP) is 1.49. The van der Waals surface area contributed by atoms with Gasteiger partial charge in [0.25, 0.3) is 0 Å². The van der Waals surface area contributed by atoms with Crippen molar-refractivity contribution in [1.29, 1.82) is 0 Å². The Balaban J connectivity index is 2.54. The van der Waals surface area contributed by atoms with Gasteiger partial charge in [-0.25, -0.2) is 4.98 Å². The van der Waals surface area contributed by atoms with Gasteiger partial charge in [0, 0.05) is 25.4 Å². The van der Waals surface area contributed by atoms with E-state index in [9.17, 15) is 4.79 Å². The highest BCUT2D eigenvalue weighted by Crippen LogP contribution is 2.22. The van der Waals surface area contributed by atoms with E-state index in [1.807, 2.05) is 6.07 Å². The molecule has 4 nitrogen and oxygen atoms in total. The summed E-state index contributed by atoms with van der Waals surface area (Å²) in [5.74, 6) is 0.215. The van der Waals surface area contributed by atoms with Crippen LogP contribution in [0.3, 0.4) is 0 Å². The van der Waals surface area contributed by atoms with Gasteiger partial charge < -0.3 is 9.72 Å². The highest BCUT2D eigenvalue weighted by atomic mass is 16.5. The van der Waals surface area contributed by atoms with Gasteiger partial charge in [0.05, 0.1) is 5.39 Å². The van der Waals surface area contributed by atoms with Crippen LogP contribution in [0.5, 0.6) is 5.75 Å². The lowest BCUT2D eigenvalue weighted by Gasteiger charge is -2.00. The van der Waals surface area contributed by atoms with E-state index in [0.717, 1.165) is 11.0 Å². The topological polar surface area (TPSA) is 55.0 Å². The molecule has 66 valence electrons. The zero-order valence-corrected chi connectivity index (χ0v) is 7.07. The number of pyridine rings is 1. The van der Waals surface area contributed by atoms with Crippen LogP contribution in [0.15, 0.2) is 24.5 Å². The molecule has 2 aromatic rings. The van der Waals surface area contributed by atoms with E-state index >= 15 is 0 Å². The van der Waals surface area contributed by atoms with Crippen molar-refractivity contribution in [1.82, 2.24) is 9.97 Å². The lowest BCUT2D eigenvalue weighted by Crippen LogP contribution is -2.01. The summed E-state index contributed by atoms with van der Waals surface area (Å²) < 4.78 is 4.99. The first kappa shape index (κ1) is 7.79. The molecule has 0 amide bonds. The van der Waals surface area contributed by atoms with E-state index in [-0.39, 0.29) is 5.97 Å². The van der Waals surface area contributed by atoms with E-state index in [1.54, 1.807) is 18.5 Å². The number of nitrogens with one attached hydrogen (secondary N) is 1. The minimum Gasteiger partial charge on any atom is -0.426 e. The number of fused-ring (bicyclic) bond motifs is 1. The Bertz CT molecular complexity index is 448. The third-order valence-electron chi connectivity index (χ3n) is 1.67. The van der Waals surface area contributed by atoms with Crippen LogP contribution in [-0.2, 0) is 4.79 Å². The van der Waals surface area contributed by atoms with Crippen molar-refractivity contribution in [2.24, 2.45) is 0 Å². The normalized spacial score (nSPS) is 10.2. The molecule has 0 bridgehead atoms. The zero-order valence-electron chi connectivity index (χ0n) is 7.07. The molecule has 0 aliphatic carbocycles. The SMILES string of the molecule is CC(=O)Oc1ccnc2[nH]ccc12. The van der Waals surface area contributed by atoms with Crippen molar-refractivity contribution in [3.63, 3.8) is 0 Å². The number of aromatic amines is 1. The fourth-order valence-electron chi connectivity index (χ4n) is 1.18. The summed E-state index contributed by atoms with van der Waals surface area (Å²) in [5, 5.41) is 0.817. The number of hydrogen-bond donors (Lipinski definition) is 1. The molecular formula is C9H8N2O2. The van der Waals surface area contributed by atoms with Gasteiger partial charge in [-0.05, 0) is 6.07 Å². The monoisotopic (exact) mass is 176 g/mol. The average molecular weight is 176 g/mol. The molecule has 1 N–H and O–H groups in total. The van der Waals surface area contributed by atoms with Gasteiger partial charge in [-0.1, -0.05) is 0 Å². The van der Waals surface area contributed by atoms with Crippen molar-refractivity contribution >= 4 is 17.0 Å². The Hall–Kier alpha value is -1.84. The molecule has 0 atom stereocenters. The minimum atomic E-state index is -0.325. The Morgan fingerprint density at radius 1 is 1.54 bits per heavy atom. The van der Waals surface area contributed by atoms with Crippen LogP contribution < -0.4 is 4.74 Å². The van der Waals surface area contributed by atoms with E-state index in [2.05, 4.69) is 9.97 Å². The van der Waals surface area contributed by atoms with E-state index in [4.69, 9.17) is 4.74 Å².